The van der Waals surface area contributed by atoms with Crippen LogP contribution in [0.25, 0.3) is 0 Å². The van der Waals surface area contributed by atoms with E-state index >= 15 is 0 Å². The van der Waals surface area contributed by atoms with Gasteiger partial charge in [-0.2, -0.15) is 0 Å². The maximum Gasteiger partial charge on any atom is 0 e. The van der Waals surface area contributed by atoms with Crippen LogP contribution in [-0.4, -0.2) is 0 Å². The Kier molecular flexibility index (Phi) is 17.7. The van der Waals surface area contributed by atoms with Crippen molar-refractivity contribution in [3.05, 3.63) is 76.0 Å². The first-order valence-electron chi connectivity index (χ1n) is 5.58. The van der Waals surface area contributed by atoms with Crippen molar-refractivity contribution in [3.8, 4) is 0 Å². The van der Waals surface area contributed by atoms with E-state index in [1.165, 1.54) is 11.8 Å². The Labute approximate surface area is 129 Å². The van der Waals surface area contributed by atoms with E-state index < -0.39 is 0 Å². The molecule has 0 N–H and O–H groups in total. The fraction of sp³-hybridized carbons (Fsp3) is 0.250. The summed E-state index contributed by atoms with van der Waals surface area (Å²) < 4.78 is 0. The Morgan fingerprint density at radius 1 is 0.412 bits per heavy atom. The molecule has 2 aliphatic rings. The van der Waals surface area contributed by atoms with Gasteiger partial charge in [-0.25, -0.2) is 0 Å². The van der Waals surface area contributed by atoms with E-state index in [4.69, 9.17) is 0 Å². The summed E-state index contributed by atoms with van der Waals surface area (Å²) in [6.45, 7) is 8.48. The predicted molar refractivity (Wildman–Crippen MR) is 72.2 cm³/mol. The standard InChI is InChI=1S/C6H12.2C5H5.Hf/c1-5(2)6(3)4;2*1-2-4-5-3-1;/h1-4H3;2*1-5H;. The molecule has 12 radical (unpaired) electrons. The van der Waals surface area contributed by atoms with Gasteiger partial charge in [0, 0.05) is 25.8 Å². The normalized spacial score (nSPS) is 18.0. The van der Waals surface area contributed by atoms with Gasteiger partial charge in [-0.1, -0.05) is 27.7 Å². The van der Waals surface area contributed by atoms with Gasteiger partial charge in [0.25, 0.3) is 0 Å². The van der Waals surface area contributed by atoms with Crippen LogP contribution < -0.4 is 0 Å². The zero-order valence-electron chi connectivity index (χ0n) is 11.3. The average Bonchev–Trinajstić information content (AvgIpc) is 2.97. The zero-order chi connectivity index (χ0) is 12.2. The van der Waals surface area contributed by atoms with Crippen LogP contribution in [-0.2, 0) is 25.8 Å². The number of rotatable bonds is 1. The second-order valence-corrected chi connectivity index (χ2v) is 3.92. The van der Waals surface area contributed by atoms with Gasteiger partial charge in [0.2, 0.25) is 0 Å². The maximum atomic E-state index is 2.12. The van der Waals surface area contributed by atoms with E-state index in [9.17, 15) is 0 Å². The number of hydrogen-bond donors (Lipinski definition) is 0. The fourth-order valence-corrected chi connectivity index (χ4v) is 0.642. The molecule has 2 saturated carbocycles. The molecule has 2 rings (SSSR count). The first kappa shape index (κ1) is 20.2. The van der Waals surface area contributed by atoms with Crippen molar-refractivity contribution in [1.82, 2.24) is 0 Å². The third-order valence-corrected chi connectivity index (χ3v) is 2.11. The summed E-state index contributed by atoms with van der Waals surface area (Å²) in [4.78, 5) is 0. The molecule has 0 aliphatic heterocycles. The molecule has 0 saturated heterocycles. The third-order valence-electron chi connectivity index (χ3n) is 2.11. The van der Waals surface area contributed by atoms with Gasteiger partial charge >= 0.3 is 0 Å². The third kappa shape index (κ3) is 16.9. The van der Waals surface area contributed by atoms with E-state index in [0.29, 0.717) is 0 Å². The van der Waals surface area contributed by atoms with Crippen LogP contribution in [0.3, 0.4) is 0 Å². The van der Waals surface area contributed by atoms with Crippen molar-refractivity contribution >= 4 is 0 Å². The second kappa shape index (κ2) is 14.9. The molecule has 2 aliphatic carbocycles. The molecule has 0 amide bonds. The summed E-state index contributed by atoms with van der Waals surface area (Å²) in [6.07, 6.45) is 20.0. The van der Waals surface area contributed by atoms with Gasteiger partial charge < -0.3 is 0 Å². The van der Waals surface area contributed by atoms with Crippen LogP contribution in [0.15, 0.2) is 0 Å². The molecule has 0 bridgehead atoms. The minimum atomic E-state index is 0. The maximum absolute atomic E-state index is 2.12. The molecule has 0 unspecified atom stereocenters. The van der Waals surface area contributed by atoms with Gasteiger partial charge in [0.05, 0.1) is 0 Å². The summed E-state index contributed by atoms with van der Waals surface area (Å²) in [6, 6.07) is 0. The van der Waals surface area contributed by atoms with Crippen LogP contribution in [0, 0.1) is 76.0 Å². The molecule has 0 aromatic rings. The molecule has 0 spiro atoms. The molecule has 0 nitrogen and oxygen atoms in total. The minimum absolute atomic E-state index is 0. The van der Waals surface area contributed by atoms with Crippen molar-refractivity contribution in [3.63, 3.8) is 0 Å². The monoisotopic (exact) mass is 394 g/mol. The first-order valence-corrected chi connectivity index (χ1v) is 5.58. The molecule has 0 aromatic carbocycles. The largest absolute Gasteiger partial charge is 0.0588 e. The molecular formula is C16H22Hf. The summed E-state index contributed by atoms with van der Waals surface area (Å²) in [5.41, 5.74) is 0. The number of hydrogen-bond acceptors (Lipinski definition) is 0. The second-order valence-electron chi connectivity index (χ2n) is 3.92. The zero-order valence-corrected chi connectivity index (χ0v) is 14.9. The topological polar surface area (TPSA) is 0 Å². The molecule has 2 fully saturated rings. The molecule has 0 heterocycles. The quantitative estimate of drug-likeness (QED) is 0.585. The predicted octanol–water partition coefficient (Wildman–Crippen LogP) is 4.26. The molecule has 0 aromatic heterocycles. The van der Waals surface area contributed by atoms with E-state index in [1.807, 2.05) is 64.2 Å². The van der Waals surface area contributed by atoms with Crippen molar-refractivity contribution in [1.29, 1.82) is 0 Å². The van der Waals surface area contributed by atoms with E-state index in [0.717, 1.165) is 0 Å². The smallest absolute Gasteiger partial charge is 0 e. The first-order chi connectivity index (χ1) is 7.64. The molecule has 1 heteroatoms. The van der Waals surface area contributed by atoms with E-state index in [2.05, 4.69) is 27.7 Å². The Morgan fingerprint density at radius 2 is 0.529 bits per heavy atom. The van der Waals surface area contributed by atoms with Crippen LogP contribution >= 0.6 is 0 Å². The van der Waals surface area contributed by atoms with Crippen LogP contribution in [0.4, 0.5) is 0 Å². The Balaban J connectivity index is 0. The summed E-state index contributed by atoms with van der Waals surface area (Å²) in [7, 11) is 0. The minimum Gasteiger partial charge on any atom is -0.0588 e. The summed E-state index contributed by atoms with van der Waals surface area (Å²) in [5, 5.41) is 0. The van der Waals surface area contributed by atoms with Gasteiger partial charge in [-0.05, 0) is 76.0 Å². The van der Waals surface area contributed by atoms with Crippen LogP contribution in [0.2, 0.25) is 0 Å². The molecule has 0 atom stereocenters. The summed E-state index contributed by atoms with van der Waals surface area (Å²) >= 11 is 0. The van der Waals surface area contributed by atoms with E-state index in [1.54, 1.807) is 0 Å². The van der Waals surface area contributed by atoms with Gasteiger partial charge in [-0.3, -0.25) is 0 Å². The molecular weight excluding hydrogens is 371 g/mol. The van der Waals surface area contributed by atoms with Gasteiger partial charge in [0.15, 0.2) is 0 Å². The van der Waals surface area contributed by atoms with Crippen molar-refractivity contribution < 1.29 is 25.8 Å². The Bertz CT molecular complexity index is 90.3. The Hall–Kier alpha value is 0.870. The van der Waals surface area contributed by atoms with E-state index in [-0.39, 0.29) is 25.8 Å². The average molecular weight is 393 g/mol. The van der Waals surface area contributed by atoms with Gasteiger partial charge in [0.1, 0.15) is 0 Å². The van der Waals surface area contributed by atoms with Crippen molar-refractivity contribution in [2.45, 2.75) is 27.7 Å². The molecule has 90 valence electrons. The van der Waals surface area contributed by atoms with Gasteiger partial charge in [-0.15, -0.1) is 0 Å². The van der Waals surface area contributed by atoms with Crippen LogP contribution in [0.1, 0.15) is 27.7 Å². The van der Waals surface area contributed by atoms with Crippen molar-refractivity contribution in [2.24, 2.45) is 0 Å². The SMILES string of the molecule is C[C](C)[C](C)C.[CH]1[CH][CH][CH][CH]1.[CH]1[CH][CH][CH][CH]1.[Hf]. The van der Waals surface area contributed by atoms with Crippen LogP contribution in [0.5, 0.6) is 0 Å². The fourth-order valence-electron chi connectivity index (χ4n) is 0.642. The molecule has 17 heavy (non-hydrogen) atoms. The Morgan fingerprint density at radius 3 is 0.588 bits per heavy atom. The summed E-state index contributed by atoms with van der Waals surface area (Å²) in [5.74, 6) is 2.85. The van der Waals surface area contributed by atoms with Crippen molar-refractivity contribution in [2.75, 3.05) is 0 Å².